The molecule has 2 heterocycles. The fourth-order valence-electron chi connectivity index (χ4n) is 2.45. The second-order valence-corrected chi connectivity index (χ2v) is 5.07. The lowest BCUT2D eigenvalue weighted by Gasteiger charge is -2.12. The molecular formula is C15H15ClN2O. The van der Waals surface area contributed by atoms with Gasteiger partial charge >= 0.3 is 0 Å². The van der Waals surface area contributed by atoms with E-state index >= 15 is 0 Å². The number of fused-ring (bicyclic) bond motifs is 1. The summed E-state index contributed by atoms with van der Waals surface area (Å²) in [6.07, 6.45) is 1.52. The van der Waals surface area contributed by atoms with Gasteiger partial charge in [-0.1, -0.05) is 36.7 Å². The zero-order chi connectivity index (χ0) is 13.4. The molecular weight excluding hydrogens is 260 g/mol. The van der Waals surface area contributed by atoms with E-state index < -0.39 is 0 Å². The molecule has 98 valence electrons. The summed E-state index contributed by atoms with van der Waals surface area (Å²) in [5.41, 5.74) is 3.16. The SMILES string of the molecule is CCc1c(C)nc(C2Cc3ccccc3O2)nc1Cl. The molecule has 4 heteroatoms. The van der Waals surface area contributed by atoms with Gasteiger partial charge in [-0.05, 0) is 25.0 Å². The Labute approximate surface area is 117 Å². The van der Waals surface area contributed by atoms with Gasteiger partial charge in [0.25, 0.3) is 0 Å². The van der Waals surface area contributed by atoms with Crippen molar-refractivity contribution in [2.75, 3.05) is 0 Å². The van der Waals surface area contributed by atoms with Crippen LogP contribution in [0.5, 0.6) is 5.75 Å². The highest BCUT2D eigenvalue weighted by molar-refractivity contribution is 6.30. The van der Waals surface area contributed by atoms with E-state index in [4.69, 9.17) is 16.3 Å². The zero-order valence-corrected chi connectivity index (χ0v) is 11.7. The number of benzene rings is 1. The van der Waals surface area contributed by atoms with Crippen LogP contribution in [-0.4, -0.2) is 9.97 Å². The molecule has 2 aromatic rings. The van der Waals surface area contributed by atoms with Crippen LogP contribution in [0.1, 0.15) is 35.7 Å². The molecule has 1 aliphatic rings. The molecule has 0 radical (unpaired) electrons. The summed E-state index contributed by atoms with van der Waals surface area (Å²) in [6.45, 7) is 4.02. The molecule has 1 atom stereocenters. The maximum atomic E-state index is 6.22. The molecule has 0 aliphatic carbocycles. The van der Waals surface area contributed by atoms with Crippen LogP contribution in [0.4, 0.5) is 0 Å². The summed E-state index contributed by atoms with van der Waals surface area (Å²) >= 11 is 6.22. The van der Waals surface area contributed by atoms with Gasteiger partial charge in [-0.25, -0.2) is 9.97 Å². The van der Waals surface area contributed by atoms with Crippen molar-refractivity contribution in [1.82, 2.24) is 9.97 Å². The highest BCUT2D eigenvalue weighted by Gasteiger charge is 2.27. The maximum absolute atomic E-state index is 6.22. The van der Waals surface area contributed by atoms with E-state index in [0.29, 0.717) is 11.0 Å². The summed E-state index contributed by atoms with van der Waals surface area (Å²) in [6, 6.07) is 8.04. The van der Waals surface area contributed by atoms with Crippen LogP contribution in [0, 0.1) is 6.92 Å². The standard InChI is InChI=1S/C15H15ClN2O/c1-3-11-9(2)17-15(18-14(11)16)13-8-10-6-4-5-7-12(10)19-13/h4-7,13H,3,8H2,1-2H3. The van der Waals surface area contributed by atoms with Gasteiger partial charge < -0.3 is 4.74 Å². The van der Waals surface area contributed by atoms with E-state index in [2.05, 4.69) is 23.0 Å². The first-order valence-electron chi connectivity index (χ1n) is 6.46. The van der Waals surface area contributed by atoms with E-state index in [1.807, 2.05) is 25.1 Å². The van der Waals surface area contributed by atoms with Crippen molar-refractivity contribution in [1.29, 1.82) is 0 Å². The predicted molar refractivity (Wildman–Crippen MR) is 74.7 cm³/mol. The molecule has 19 heavy (non-hydrogen) atoms. The molecule has 0 saturated carbocycles. The first kappa shape index (κ1) is 12.4. The molecule has 1 aromatic carbocycles. The van der Waals surface area contributed by atoms with E-state index in [1.165, 1.54) is 5.56 Å². The molecule has 3 nitrogen and oxygen atoms in total. The second-order valence-electron chi connectivity index (χ2n) is 4.71. The number of hydrogen-bond acceptors (Lipinski definition) is 3. The Hall–Kier alpha value is -1.61. The lowest BCUT2D eigenvalue weighted by atomic mass is 10.1. The third-order valence-electron chi connectivity index (χ3n) is 3.47. The highest BCUT2D eigenvalue weighted by Crippen LogP contribution is 2.35. The minimum absolute atomic E-state index is 0.125. The molecule has 3 rings (SSSR count). The summed E-state index contributed by atoms with van der Waals surface area (Å²) in [7, 11) is 0. The first-order valence-corrected chi connectivity index (χ1v) is 6.84. The predicted octanol–water partition coefficient (Wildman–Crippen LogP) is 3.68. The van der Waals surface area contributed by atoms with Gasteiger partial charge in [0.1, 0.15) is 10.9 Å². The van der Waals surface area contributed by atoms with E-state index in [9.17, 15) is 0 Å². The van der Waals surface area contributed by atoms with Gasteiger partial charge in [-0.2, -0.15) is 0 Å². The van der Waals surface area contributed by atoms with Gasteiger partial charge in [-0.15, -0.1) is 0 Å². The third-order valence-corrected chi connectivity index (χ3v) is 3.78. The fraction of sp³-hybridized carbons (Fsp3) is 0.333. The van der Waals surface area contributed by atoms with E-state index in [1.54, 1.807) is 0 Å². The number of nitrogens with zero attached hydrogens (tertiary/aromatic N) is 2. The smallest absolute Gasteiger partial charge is 0.171 e. The largest absolute Gasteiger partial charge is 0.482 e. The quantitative estimate of drug-likeness (QED) is 0.784. The molecule has 0 bridgehead atoms. The van der Waals surface area contributed by atoms with Crippen LogP contribution >= 0.6 is 11.6 Å². The van der Waals surface area contributed by atoms with Crippen molar-refractivity contribution >= 4 is 11.6 Å². The summed E-state index contributed by atoms with van der Waals surface area (Å²) in [4.78, 5) is 8.95. The molecule has 0 N–H and O–H groups in total. The molecule has 1 unspecified atom stereocenters. The minimum Gasteiger partial charge on any atom is -0.482 e. The Morgan fingerprint density at radius 2 is 2.11 bits per heavy atom. The van der Waals surface area contributed by atoms with Crippen LogP contribution < -0.4 is 4.74 Å². The molecule has 0 spiro atoms. The Kier molecular flexibility index (Phi) is 3.15. The number of aryl methyl sites for hydroxylation is 1. The monoisotopic (exact) mass is 274 g/mol. The normalized spacial score (nSPS) is 17.1. The van der Waals surface area contributed by atoms with Crippen molar-refractivity contribution in [3.05, 3.63) is 52.1 Å². The van der Waals surface area contributed by atoms with E-state index in [-0.39, 0.29) is 6.10 Å². The average molecular weight is 275 g/mol. The lowest BCUT2D eigenvalue weighted by Crippen LogP contribution is -2.11. The van der Waals surface area contributed by atoms with Gasteiger partial charge in [0.05, 0.1) is 0 Å². The molecule has 1 aromatic heterocycles. The van der Waals surface area contributed by atoms with Crippen LogP contribution in [0.2, 0.25) is 5.15 Å². The molecule has 0 saturated heterocycles. The maximum Gasteiger partial charge on any atom is 0.171 e. The Bertz CT molecular complexity index is 579. The fourth-order valence-corrected chi connectivity index (χ4v) is 2.81. The van der Waals surface area contributed by atoms with Gasteiger partial charge in [0, 0.05) is 17.7 Å². The molecule has 1 aliphatic heterocycles. The number of hydrogen-bond donors (Lipinski definition) is 0. The second kappa shape index (κ2) is 4.82. The topological polar surface area (TPSA) is 35.0 Å². The van der Waals surface area contributed by atoms with Crippen molar-refractivity contribution < 1.29 is 4.74 Å². The average Bonchev–Trinajstić information content (AvgIpc) is 2.82. The molecule has 0 amide bonds. The third kappa shape index (κ3) is 2.19. The van der Waals surface area contributed by atoms with Gasteiger partial charge in [0.15, 0.2) is 11.9 Å². The minimum atomic E-state index is -0.125. The van der Waals surface area contributed by atoms with Crippen LogP contribution in [0.3, 0.4) is 0 Å². The van der Waals surface area contributed by atoms with Crippen LogP contribution in [0.15, 0.2) is 24.3 Å². The van der Waals surface area contributed by atoms with Crippen molar-refractivity contribution in [2.45, 2.75) is 32.8 Å². The lowest BCUT2D eigenvalue weighted by molar-refractivity contribution is 0.227. The number of rotatable bonds is 2. The van der Waals surface area contributed by atoms with Crippen LogP contribution in [-0.2, 0) is 12.8 Å². The molecule has 0 fully saturated rings. The van der Waals surface area contributed by atoms with Crippen molar-refractivity contribution in [3.63, 3.8) is 0 Å². The zero-order valence-electron chi connectivity index (χ0n) is 11.0. The van der Waals surface area contributed by atoms with Crippen molar-refractivity contribution in [3.8, 4) is 5.75 Å². The summed E-state index contributed by atoms with van der Waals surface area (Å²) in [5, 5.41) is 0.546. The van der Waals surface area contributed by atoms with Gasteiger partial charge in [-0.3, -0.25) is 0 Å². The summed E-state index contributed by atoms with van der Waals surface area (Å²) < 4.78 is 5.89. The summed E-state index contributed by atoms with van der Waals surface area (Å²) in [5.74, 6) is 1.60. The van der Waals surface area contributed by atoms with Crippen molar-refractivity contribution in [2.24, 2.45) is 0 Å². The number of halogens is 1. The Morgan fingerprint density at radius 1 is 1.32 bits per heavy atom. The Balaban J connectivity index is 1.94. The van der Waals surface area contributed by atoms with Crippen LogP contribution in [0.25, 0.3) is 0 Å². The first-order chi connectivity index (χ1) is 9.19. The number of ether oxygens (including phenoxy) is 1. The number of para-hydroxylation sites is 1. The van der Waals surface area contributed by atoms with Gasteiger partial charge in [0.2, 0.25) is 0 Å². The Morgan fingerprint density at radius 3 is 2.79 bits per heavy atom. The number of aromatic nitrogens is 2. The van der Waals surface area contributed by atoms with E-state index in [0.717, 1.165) is 29.8 Å². The highest BCUT2D eigenvalue weighted by atomic mass is 35.5.